The number of ether oxygens (including phenoxy) is 6. The van der Waals surface area contributed by atoms with Gasteiger partial charge in [-0.05, 0) is 104 Å². The Labute approximate surface area is 385 Å². The number of esters is 1. The van der Waals surface area contributed by atoms with Gasteiger partial charge in [-0.25, -0.2) is 0 Å². The summed E-state index contributed by atoms with van der Waals surface area (Å²) in [4.78, 5) is 14.4. The quantitative estimate of drug-likeness (QED) is 0.0918. The molecule has 7 fully saturated rings. The summed E-state index contributed by atoms with van der Waals surface area (Å²) in [6, 6.07) is 0. The number of carbonyl (C=O) groups excluding carboxylic acids is 1. The van der Waals surface area contributed by atoms with E-state index in [9.17, 15) is 66.1 Å². The molecule has 8 rings (SSSR count). The normalized spacial score (nSPS) is 56.2. The van der Waals surface area contributed by atoms with Crippen LogP contribution in [0.3, 0.4) is 0 Å². The van der Waals surface area contributed by atoms with Gasteiger partial charge < -0.3 is 89.7 Å². The molecule has 19 unspecified atom stereocenters. The van der Waals surface area contributed by atoms with Gasteiger partial charge >= 0.3 is 5.97 Å². The van der Waals surface area contributed by atoms with Crippen LogP contribution in [0.2, 0.25) is 0 Å². The third-order valence-electron chi connectivity index (χ3n) is 18.8. The molecule has 0 spiro atoms. The van der Waals surface area contributed by atoms with Crippen LogP contribution < -0.4 is 0 Å². The van der Waals surface area contributed by atoms with Gasteiger partial charge in [-0.3, -0.25) is 4.79 Å². The van der Waals surface area contributed by atoms with Gasteiger partial charge in [0.2, 0.25) is 6.29 Å². The Morgan fingerprint density at radius 2 is 1.39 bits per heavy atom. The van der Waals surface area contributed by atoms with E-state index < -0.39 is 135 Å². The van der Waals surface area contributed by atoms with Gasteiger partial charge in [0.05, 0.1) is 44.1 Å². The summed E-state index contributed by atoms with van der Waals surface area (Å²) >= 11 is 0. The van der Waals surface area contributed by atoms with Crippen molar-refractivity contribution in [2.75, 3.05) is 19.8 Å². The number of hydrogen-bond acceptors (Lipinski definition) is 19. The zero-order valence-corrected chi connectivity index (χ0v) is 38.8. The Morgan fingerprint density at radius 1 is 0.742 bits per heavy atom. The summed E-state index contributed by atoms with van der Waals surface area (Å²) in [6.07, 6.45) is -18.6. The van der Waals surface area contributed by atoms with Crippen LogP contribution in [0.1, 0.15) is 86.5 Å². The molecule has 3 aliphatic heterocycles. The first-order valence-corrected chi connectivity index (χ1v) is 24.2. The van der Waals surface area contributed by atoms with Gasteiger partial charge in [-0.1, -0.05) is 46.3 Å². The molecule has 0 radical (unpaired) electrons. The number of allylic oxidation sites excluding steroid dienone is 2. The Hall–Kier alpha value is -1.47. The molecule has 28 atom stereocenters. The van der Waals surface area contributed by atoms with Crippen LogP contribution in [-0.2, 0) is 33.2 Å². The van der Waals surface area contributed by atoms with Gasteiger partial charge in [0.15, 0.2) is 12.6 Å². The van der Waals surface area contributed by atoms with Crippen LogP contribution in [-0.4, -0.2) is 191 Å². The zero-order chi connectivity index (χ0) is 48.1. The largest absolute Gasteiger partial charge is 0.432 e. The van der Waals surface area contributed by atoms with Crippen molar-refractivity contribution in [2.24, 2.45) is 63.6 Å². The number of carbonyl (C=O) groups is 1. The molecule has 378 valence electrons. The van der Waals surface area contributed by atoms with E-state index in [1.54, 1.807) is 0 Å². The number of aliphatic hydroxyl groups is 12. The van der Waals surface area contributed by atoms with Crippen LogP contribution in [0.5, 0.6) is 0 Å². The van der Waals surface area contributed by atoms with Gasteiger partial charge in [0.1, 0.15) is 67.1 Å². The average molecular weight is 945 g/mol. The lowest BCUT2D eigenvalue weighted by atomic mass is 9.38. The van der Waals surface area contributed by atoms with Crippen molar-refractivity contribution in [3.8, 4) is 0 Å². The molecular formula is C47H76O19. The van der Waals surface area contributed by atoms with Crippen molar-refractivity contribution < 1.29 is 94.5 Å². The predicted octanol–water partition coefficient (Wildman–Crippen LogP) is -1.57. The Balaban J connectivity index is 0.933. The summed E-state index contributed by atoms with van der Waals surface area (Å²) in [5, 5.41) is 129. The molecule has 0 aromatic carbocycles. The topological polar surface area (TPSA) is 315 Å². The van der Waals surface area contributed by atoms with Crippen molar-refractivity contribution in [3.63, 3.8) is 0 Å². The van der Waals surface area contributed by atoms with Crippen molar-refractivity contribution in [3.05, 3.63) is 11.6 Å². The summed E-state index contributed by atoms with van der Waals surface area (Å²) in [5.74, 6) is -0.222. The molecular weight excluding hydrogens is 868 g/mol. The fourth-order valence-corrected chi connectivity index (χ4v) is 14.7. The van der Waals surface area contributed by atoms with E-state index in [1.807, 2.05) is 6.92 Å². The Morgan fingerprint density at radius 3 is 2.08 bits per heavy atom. The SMILES string of the molecule is CC1CC(C(=O)OC2OC(COC3OC(CO)[C@@H](OC4OC(C)[C@H](O)[C@H](O)[C@@H]4O)[C@@H](O)[C@@H]3O)[C@@H](O)[C@@H](O)[C@@H]2O)C2CCC3(C)C(=CCC4C3CCC3C(C)(CO)C(O)C(O)CC43C)C2C1C. The van der Waals surface area contributed by atoms with E-state index in [-0.39, 0.29) is 52.9 Å². The van der Waals surface area contributed by atoms with E-state index >= 15 is 0 Å². The van der Waals surface area contributed by atoms with Crippen molar-refractivity contribution >= 4 is 5.97 Å². The Kier molecular flexibility index (Phi) is 14.6. The number of aliphatic hydroxyl groups excluding tert-OH is 12. The molecule has 0 aromatic rings. The maximum atomic E-state index is 14.4. The molecule has 0 amide bonds. The number of fused-ring (bicyclic) bond motifs is 7. The standard InChI is InChI=1S/C47H76O19/c1-18-13-22(21-11-12-45(4)23-9-10-29-46(5,14-26(50)40(59)47(29,6)17-49)24(23)7-8-25(45)30(21)19(18)2)41(60)66-44-37(57)34(54)32(52)28(64-44)16-61-42-38(58)35(55)39(27(15-48)63-42)65-43-36(56)33(53)31(51)20(3)62-43/h8,18-24,26-40,42-44,48-59H,7,9-17H2,1-6H3/t18?,19?,20?,21?,22?,23?,24?,26?,27?,28?,29?,30?,31-,32+,33-,34+,35-,36-,37-,38-,39+,40?,42?,43?,44?,45?,46?,47?/m0/s1. The molecule has 5 aliphatic carbocycles. The molecule has 66 heavy (non-hydrogen) atoms. The first-order valence-electron chi connectivity index (χ1n) is 24.2. The smallest absolute Gasteiger partial charge is 0.311 e. The lowest BCUT2D eigenvalue weighted by Crippen LogP contribution is -2.65. The minimum atomic E-state index is -1.85. The van der Waals surface area contributed by atoms with Crippen molar-refractivity contribution in [2.45, 2.75) is 191 Å². The molecule has 0 bridgehead atoms. The van der Waals surface area contributed by atoms with Crippen LogP contribution in [0.25, 0.3) is 0 Å². The molecule has 0 aromatic heterocycles. The van der Waals surface area contributed by atoms with Gasteiger partial charge in [0.25, 0.3) is 0 Å². The minimum Gasteiger partial charge on any atom is -0.432 e. The van der Waals surface area contributed by atoms with E-state index in [4.69, 9.17) is 28.4 Å². The van der Waals surface area contributed by atoms with Crippen LogP contribution >= 0.6 is 0 Å². The fraction of sp³-hybridized carbons (Fsp3) is 0.936. The van der Waals surface area contributed by atoms with Crippen LogP contribution in [0.4, 0.5) is 0 Å². The molecule has 4 saturated carbocycles. The monoisotopic (exact) mass is 944 g/mol. The highest BCUT2D eigenvalue weighted by Gasteiger charge is 2.66. The minimum absolute atomic E-state index is 0.0458. The van der Waals surface area contributed by atoms with Gasteiger partial charge in [0, 0.05) is 5.41 Å². The van der Waals surface area contributed by atoms with Crippen molar-refractivity contribution in [1.82, 2.24) is 0 Å². The second-order valence-corrected chi connectivity index (χ2v) is 22.2. The van der Waals surface area contributed by atoms with E-state index in [0.29, 0.717) is 18.8 Å². The van der Waals surface area contributed by atoms with E-state index in [1.165, 1.54) is 12.5 Å². The zero-order valence-electron chi connectivity index (χ0n) is 38.8. The third kappa shape index (κ3) is 8.24. The molecule has 12 N–H and O–H groups in total. The van der Waals surface area contributed by atoms with Crippen LogP contribution in [0, 0.1) is 63.6 Å². The van der Waals surface area contributed by atoms with E-state index in [2.05, 4.69) is 33.8 Å². The highest BCUT2D eigenvalue weighted by Crippen LogP contribution is 2.70. The molecule has 3 saturated heterocycles. The second-order valence-electron chi connectivity index (χ2n) is 22.2. The van der Waals surface area contributed by atoms with Gasteiger partial charge in [-0.15, -0.1) is 0 Å². The highest BCUT2D eigenvalue weighted by atomic mass is 16.8. The van der Waals surface area contributed by atoms with Gasteiger partial charge in [-0.2, -0.15) is 0 Å². The highest BCUT2D eigenvalue weighted by molar-refractivity contribution is 5.73. The number of rotatable bonds is 9. The first kappa shape index (κ1) is 50.9. The third-order valence-corrected chi connectivity index (χ3v) is 18.8. The summed E-state index contributed by atoms with van der Waals surface area (Å²) in [7, 11) is 0. The maximum Gasteiger partial charge on any atom is 0.311 e. The first-order chi connectivity index (χ1) is 31.0. The summed E-state index contributed by atoms with van der Waals surface area (Å²) in [5.41, 5.74) is 0.0866. The summed E-state index contributed by atoms with van der Waals surface area (Å²) < 4.78 is 34.3. The molecule has 3 heterocycles. The predicted molar refractivity (Wildman–Crippen MR) is 227 cm³/mol. The lowest BCUT2D eigenvalue weighted by molar-refractivity contribution is -0.361. The summed E-state index contributed by atoms with van der Waals surface area (Å²) in [6.45, 7) is 10.7. The second kappa shape index (κ2) is 18.9. The van der Waals surface area contributed by atoms with Crippen molar-refractivity contribution in [1.29, 1.82) is 0 Å². The van der Waals surface area contributed by atoms with E-state index in [0.717, 1.165) is 32.1 Å². The fourth-order valence-electron chi connectivity index (χ4n) is 14.7. The molecule has 8 aliphatic rings. The molecule has 19 nitrogen and oxygen atoms in total. The lowest BCUT2D eigenvalue weighted by Gasteiger charge is -2.67. The maximum absolute atomic E-state index is 14.4. The Bertz CT molecular complexity index is 1750. The molecule has 19 heteroatoms. The van der Waals surface area contributed by atoms with Crippen LogP contribution in [0.15, 0.2) is 11.6 Å². The average Bonchev–Trinajstić information content (AvgIpc) is 3.29. The number of hydrogen-bond donors (Lipinski definition) is 12.